The zero-order valence-electron chi connectivity index (χ0n) is 9.32. The number of para-hydroxylation sites is 1. The lowest BCUT2D eigenvalue weighted by atomic mass is 10.1. The number of pyridine rings is 1. The van der Waals surface area contributed by atoms with Gasteiger partial charge in [0.15, 0.2) is 0 Å². The maximum absolute atomic E-state index is 5.74. The molecule has 0 unspecified atom stereocenters. The van der Waals surface area contributed by atoms with Crippen LogP contribution < -0.4 is 5.73 Å². The largest absolute Gasteiger partial charge is 0.389 e. The zero-order chi connectivity index (χ0) is 12.5. The highest BCUT2D eigenvalue weighted by Gasteiger charge is 2.12. The molecule has 3 rings (SSSR count). The predicted octanol–water partition coefficient (Wildman–Crippen LogP) is 1.45. The summed E-state index contributed by atoms with van der Waals surface area (Å²) in [5, 5.41) is 5.08. The molecule has 2 N–H and O–H groups in total. The van der Waals surface area contributed by atoms with E-state index in [9.17, 15) is 0 Å². The van der Waals surface area contributed by atoms with Crippen molar-refractivity contribution < 1.29 is 0 Å². The number of nitrogens with two attached hydrogens (primary N) is 1. The molecule has 0 aliphatic rings. The van der Waals surface area contributed by atoms with Crippen LogP contribution in [-0.2, 0) is 0 Å². The summed E-state index contributed by atoms with van der Waals surface area (Å²) in [6.45, 7) is 0. The van der Waals surface area contributed by atoms with Crippen molar-refractivity contribution >= 4 is 28.1 Å². The summed E-state index contributed by atoms with van der Waals surface area (Å²) >= 11 is 5.06. The zero-order valence-corrected chi connectivity index (χ0v) is 10.1. The van der Waals surface area contributed by atoms with Gasteiger partial charge in [0.1, 0.15) is 17.6 Å². The molecule has 0 saturated carbocycles. The second-order valence-electron chi connectivity index (χ2n) is 3.74. The molecule has 2 heterocycles. The molecule has 18 heavy (non-hydrogen) atoms. The van der Waals surface area contributed by atoms with E-state index in [1.807, 2.05) is 24.3 Å². The Balaban J connectivity index is 2.43. The molecule has 0 saturated heterocycles. The summed E-state index contributed by atoms with van der Waals surface area (Å²) in [5.74, 6) is 0. The third-order valence-electron chi connectivity index (χ3n) is 2.66. The number of hydrogen-bond acceptors (Lipinski definition) is 4. The van der Waals surface area contributed by atoms with E-state index in [0.717, 1.165) is 16.6 Å². The molecule has 5 nitrogen and oxygen atoms in total. The fourth-order valence-electron chi connectivity index (χ4n) is 1.88. The first-order valence-electron chi connectivity index (χ1n) is 5.30. The van der Waals surface area contributed by atoms with Crippen LogP contribution in [0.3, 0.4) is 0 Å². The topological polar surface area (TPSA) is 69.6 Å². The van der Waals surface area contributed by atoms with Crippen LogP contribution >= 0.6 is 12.2 Å². The number of benzene rings is 1. The fraction of sp³-hybridized carbons (Fsp3) is 0. The van der Waals surface area contributed by atoms with Gasteiger partial charge in [-0.1, -0.05) is 30.4 Å². The Morgan fingerprint density at radius 3 is 2.83 bits per heavy atom. The first kappa shape index (κ1) is 10.8. The summed E-state index contributed by atoms with van der Waals surface area (Å²) in [7, 11) is 0. The molecule has 88 valence electrons. The van der Waals surface area contributed by atoms with E-state index in [2.05, 4.69) is 15.1 Å². The van der Waals surface area contributed by atoms with Crippen molar-refractivity contribution in [3.63, 3.8) is 0 Å². The Morgan fingerprint density at radius 2 is 2.11 bits per heavy atom. The SMILES string of the molecule is NC(=S)c1cnc2ccccc2c1-n1cncn1. The van der Waals surface area contributed by atoms with Crippen LogP contribution in [0.15, 0.2) is 43.1 Å². The van der Waals surface area contributed by atoms with Gasteiger partial charge in [0.2, 0.25) is 0 Å². The van der Waals surface area contributed by atoms with E-state index in [0.29, 0.717) is 10.6 Å². The van der Waals surface area contributed by atoms with Gasteiger partial charge >= 0.3 is 0 Å². The summed E-state index contributed by atoms with van der Waals surface area (Å²) in [6, 6.07) is 7.76. The summed E-state index contributed by atoms with van der Waals surface area (Å²) in [5.41, 5.74) is 8.11. The Morgan fingerprint density at radius 1 is 1.28 bits per heavy atom. The molecule has 3 aromatic rings. The van der Waals surface area contributed by atoms with Crippen molar-refractivity contribution in [2.75, 3.05) is 0 Å². The van der Waals surface area contributed by atoms with Crippen LogP contribution in [0.25, 0.3) is 16.6 Å². The van der Waals surface area contributed by atoms with Gasteiger partial charge in [0.25, 0.3) is 0 Å². The van der Waals surface area contributed by atoms with Gasteiger partial charge in [-0.2, -0.15) is 5.10 Å². The Kier molecular flexibility index (Phi) is 2.49. The lowest BCUT2D eigenvalue weighted by Gasteiger charge is -2.10. The molecule has 0 spiro atoms. The Hall–Kier alpha value is -2.34. The maximum atomic E-state index is 5.74. The minimum absolute atomic E-state index is 0.291. The third-order valence-corrected chi connectivity index (χ3v) is 2.88. The Bertz CT molecular complexity index is 720. The van der Waals surface area contributed by atoms with Gasteiger partial charge in [-0.15, -0.1) is 0 Å². The van der Waals surface area contributed by atoms with E-state index >= 15 is 0 Å². The number of nitrogens with zero attached hydrogens (tertiary/aromatic N) is 4. The number of hydrogen-bond donors (Lipinski definition) is 1. The van der Waals surface area contributed by atoms with Crippen molar-refractivity contribution in [2.24, 2.45) is 5.73 Å². The molecule has 2 aromatic heterocycles. The molecule has 0 bridgehead atoms. The standard InChI is InChI=1S/C12H9N5S/c13-12(18)9-5-15-10-4-2-1-3-8(10)11(9)17-7-14-6-16-17/h1-7H,(H2,13,18). The second kappa shape index (κ2) is 4.15. The van der Waals surface area contributed by atoms with Gasteiger partial charge in [-0.3, -0.25) is 4.98 Å². The monoisotopic (exact) mass is 255 g/mol. The molecule has 6 heteroatoms. The van der Waals surface area contributed by atoms with Gasteiger partial charge in [0, 0.05) is 11.6 Å². The van der Waals surface area contributed by atoms with Crippen LogP contribution in [-0.4, -0.2) is 24.7 Å². The molecular formula is C12H9N5S. The van der Waals surface area contributed by atoms with Crippen LogP contribution in [0.4, 0.5) is 0 Å². The van der Waals surface area contributed by atoms with Gasteiger partial charge < -0.3 is 5.73 Å². The quantitative estimate of drug-likeness (QED) is 0.702. The number of fused-ring (bicyclic) bond motifs is 1. The predicted molar refractivity (Wildman–Crippen MR) is 72.5 cm³/mol. The van der Waals surface area contributed by atoms with Crippen molar-refractivity contribution in [1.82, 2.24) is 19.7 Å². The van der Waals surface area contributed by atoms with Crippen LogP contribution in [0.1, 0.15) is 5.56 Å². The second-order valence-corrected chi connectivity index (χ2v) is 4.18. The summed E-state index contributed by atoms with van der Waals surface area (Å²) in [4.78, 5) is 8.59. The van der Waals surface area contributed by atoms with E-state index in [4.69, 9.17) is 18.0 Å². The summed E-state index contributed by atoms with van der Waals surface area (Å²) in [6.07, 6.45) is 4.75. The molecule has 0 aliphatic carbocycles. The number of thiocarbonyl (C=S) groups is 1. The molecule has 0 aliphatic heterocycles. The molecule has 1 aromatic carbocycles. The average Bonchev–Trinajstić information content (AvgIpc) is 2.90. The van der Waals surface area contributed by atoms with Gasteiger partial charge in [-0.25, -0.2) is 9.67 Å². The molecule has 0 atom stereocenters. The number of rotatable bonds is 2. The molecule has 0 fully saturated rings. The normalized spacial score (nSPS) is 10.7. The van der Waals surface area contributed by atoms with Crippen LogP contribution in [0.2, 0.25) is 0 Å². The van der Waals surface area contributed by atoms with Crippen LogP contribution in [0.5, 0.6) is 0 Å². The molecule has 0 amide bonds. The maximum Gasteiger partial charge on any atom is 0.138 e. The van der Waals surface area contributed by atoms with E-state index in [1.54, 1.807) is 17.2 Å². The van der Waals surface area contributed by atoms with Crippen molar-refractivity contribution in [1.29, 1.82) is 0 Å². The van der Waals surface area contributed by atoms with Gasteiger partial charge in [0.05, 0.1) is 16.8 Å². The highest BCUT2D eigenvalue weighted by atomic mass is 32.1. The van der Waals surface area contributed by atoms with E-state index < -0.39 is 0 Å². The average molecular weight is 255 g/mol. The van der Waals surface area contributed by atoms with Crippen molar-refractivity contribution in [3.8, 4) is 5.69 Å². The first-order valence-corrected chi connectivity index (χ1v) is 5.71. The van der Waals surface area contributed by atoms with Crippen LogP contribution in [0, 0.1) is 0 Å². The molecule has 0 radical (unpaired) electrons. The van der Waals surface area contributed by atoms with E-state index in [-0.39, 0.29) is 0 Å². The van der Waals surface area contributed by atoms with E-state index in [1.165, 1.54) is 6.33 Å². The minimum atomic E-state index is 0.291. The first-order chi connectivity index (χ1) is 8.77. The lowest BCUT2D eigenvalue weighted by molar-refractivity contribution is 0.882. The Labute approximate surface area is 108 Å². The van der Waals surface area contributed by atoms with Gasteiger partial charge in [-0.05, 0) is 6.07 Å². The highest BCUT2D eigenvalue weighted by Crippen LogP contribution is 2.23. The summed E-state index contributed by atoms with van der Waals surface area (Å²) < 4.78 is 1.65. The molecular weight excluding hydrogens is 246 g/mol. The minimum Gasteiger partial charge on any atom is -0.389 e. The number of aromatic nitrogens is 4. The highest BCUT2D eigenvalue weighted by molar-refractivity contribution is 7.80. The lowest BCUT2D eigenvalue weighted by Crippen LogP contribution is -2.14. The van der Waals surface area contributed by atoms with Crippen molar-refractivity contribution in [2.45, 2.75) is 0 Å². The third kappa shape index (κ3) is 1.63. The fourth-order valence-corrected chi connectivity index (χ4v) is 2.03. The smallest absolute Gasteiger partial charge is 0.138 e. The van der Waals surface area contributed by atoms with Crippen molar-refractivity contribution in [3.05, 3.63) is 48.7 Å².